The van der Waals surface area contributed by atoms with E-state index in [0.29, 0.717) is 6.54 Å². The van der Waals surface area contributed by atoms with Crippen LogP contribution in [0.5, 0.6) is 0 Å². The van der Waals surface area contributed by atoms with Crippen LogP contribution in [0, 0.1) is 12.7 Å². The van der Waals surface area contributed by atoms with Gasteiger partial charge in [-0.05, 0) is 30.7 Å². The van der Waals surface area contributed by atoms with Crippen LogP contribution in [-0.2, 0) is 6.54 Å². The normalized spacial score (nSPS) is 10.1. The first-order valence-corrected chi connectivity index (χ1v) is 5.02. The maximum Gasteiger partial charge on any atom is 0.129 e. The van der Waals surface area contributed by atoms with Gasteiger partial charge >= 0.3 is 0 Å². The van der Waals surface area contributed by atoms with Gasteiger partial charge in [-0.1, -0.05) is 12.1 Å². The molecule has 0 bridgehead atoms. The molecule has 0 spiro atoms. The first-order chi connectivity index (χ1) is 7.74. The largest absolute Gasteiger partial charge is 0.366 e. The minimum Gasteiger partial charge on any atom is -0.366 e. The van der Waals surface area contributed by atoms with Crippen molar-refractivity contribution in [3.63, 3.8) is 0 Å². The van der Waals surface area contributed by atoms with Crippen molar-refractivity contribution in [2.75, 3.05) is 5.32 Å². The lowest BCUT2D eigenvalue weighted by Gasteiger charge is -2.05. The Morgan fingerprint density at radius 2 is 1.94 bits per heavy atom. The molecule has 4 heteroatoms. The molecule has 1 aromatic heterocycles. The number of aromatic nitrogens is 2. The van der Waals surface area contributed by atoms with Crippen LogP contribution < -0.4 is 5.32 Å². The van der Waals surface area contributed by atoms with E-state index in [0.717, 1.165) is 17.2 Å². The molecule has 16 heavy (non-hydrogen) atoms. The zero-order valence-electron chi connectivity index (χ0n) is 8.94. The fraction of sp³-hybridized carbons (Fsp3) is 0.167. The molecule has 3 nitrogen and oxygen atoms in total. The van der Waals surface area contributed by atoms with Crippen LogP contribution in [0.2, 0.25) is 0 Å². The van der Waals surface area contributed by atoms with Gasteiger partial charge in [-0.15, -0.1) is 0 Å². The van der Waals surface area contributed by atoms with E-state index in [1.54, 1.807) is 24.4 Å². The Morgan fingerprint density at radius 1 is 1.19 bits per heavy atom. The van der Waals surface area contributed by atoms with Gasteiger partial charge in [0, 0.05) is 12.7 Å². The lowest BCUT2D eigenvalue weighted by molar-refractivity contribution is 0.627. The molecule has 2 aromatic rings. The summed E-state index contributed by atoms with van der Waals surface area (Å²) in [6.07, 6.45) is 1.70. The number of nitrogens with zero attached hydrogens (tertiary/aromatic N) is 2. The van der Waals surface area contributed by atoms with Crippen molar-refractivity contribution in [2.45, 2.75) is 13.5 Å². The number of nitrogens with one attached hydrogen (secondary N) is 1. The van der Waals surface area contributed by atoms with Gasteiger partial charge in [-0.2, -0.15) is 0 Å². The Morgan fingerprint density at radius 3 is 2.62 bits per heavy atom. The minimum absolute atomic E-state index is 0.221. The summed E-state index contributed by atoms with van der Waals surface area (Å²) in [5, 5.41) is 3.15. The molecular formula is C12H12FN3. The molecule has 0 saturated carbocycles. The third kappa shape index (κ3) is 2.76. The Balaban J connectivity index is 1.99. The lowest BCUT2D eigenvalue weighted by Crippen LogP contribution is -2.02. The average Bonchev–Trinajstić information content (AvgIpc) is 2.28. The van der Waals surface area contributed by atoms with Crippen LogP contribution in [0.3, 0.4) is 0 Å². The number of aryl methyl sites for hydroxylation is 1. The van der Waals surface area contributed by atoms with Gasteiger partial charge in [0.25, 0.3) is 0 Å². The highest BCUT2D eigenvalue weighted by atomic mass is 19.1. The molecule has 0 aliphatic rings. The molecule has 0 atom stereocenters. The van der Waals surface area contributed by atoms with Gasteiger partial charge in [0.2, 0.25) is 0 Å². The number of benzene rings is 1. The van der Waals surface area contributed by atoms with Gasteiger partial charge < -0.3 is 5.32 Å². The Labute approximate surface area is 93.4 Å². The molecule has 1 aromatic carbocycles. The predicted octanol–water partition coefficient (Wildman–Crippen LogP) is 2.54. The van der Waals surface area contributed by atoms with Crippen LogP contribution in [-0.4, -0.2) is 9.97 Å². The van der Waals surface area contributed by atoms with Crippen LogP contribution in [0.4, 0.5) is 10.2 Å². The van der Waals surface area contributed by atoms with Crippen LogP contribution in [0.15, 0.2) is 36.5 Å². The zero-order valence-corrected chi connectivity index (χ0v) is 8.94. The summed E-state index contributed by atoms with van der Waals surface area (Å²) in [6, 6.07) is 8.19. The topological polar surface area (TPSA) is 37.8 Å². The van der Waals surface area contributed by atoms with E-state index < -0.39 is 0 Å². The van der Waals surface area contributed by atoms with E-state index in [4.69, 9.17) is 0 Å². The van der Waals surface area contributed by atoms with Crippen molar-refractivity contribution in [3.05, 3.63) is 53.7 Å². The number of anilines is 1. The Bertz CT molecular complexity index is 468. The van der Waals surface area contributed by atoms with E-state index in [2.05, 4.69) is 15.3 Å². The minimum atomic E-state index is -0.221. The molecule has 0 unspecified atom stereocenters. The van der Waals surface area contributed by atoms with Crippen LogP contribution in [0.1, 0.15) is 11.4 Å². The third-order valence-electron chi connectivity index (χ3n) is 2.16. The second-order valence-electron chi connectivity index (χ2n) is 3.47. The van der Waals surface area contributed by atoms with Crippen molar-refractivity contribution in [1.29, 1.82) is 0 Å². The molecule has 82 valence electrons. The standard InChI is InChI=1S/C12H12FN3/c1-9-14-7-6-12(16-9)15-8-10-2-4-11(13)5-3-10/h2-7H,8H2,1H3,(H,14,15,16). The molecule has 0 fully saturated rings. The van der Waals surface area contributed by atoms with Gasteiger partial charge in [0.05, 0.1) is 0 Å². The fourth-order valence-corrected chi connectivity index (χ4v) is 1.35. The fourth-order valence-electron chi connectivity index (χ4n) is 1.35. The third-order valence-corrected chi connectivity index (χ3v) is 2.16. The summed E-state index contributed by atoms with van der Waals surface area (Å²) in [4.78, 5) is 8.22. The number of rotatable bonds is 3. The molecule has 0 aliphatic carbocycles. The number of hydrogen-bond donors (Lipinski definition) is 1. The molecule has 2 rings (SSSR count). The summed E-state index contributed by atoms with van der Waals surface area (Å²) in [5.41, 5.74) is 1.01. The smallest absolute Gasteiger partial charge is 0.129 e. The summed E-state index contributed by atoms with van der Waals surface area (Å²) in [5.74, 6) is 1.28. The molecular weight excluding hydrogens is 205 g/mol. The summed E-state index contributed by atoms with van der Waals surface area (Å²) in [6.45, 7) is 2.46. The summed E-state index contributed by atoms with van der Waals surface area (Å²) in [7, 11) is 0. The first kappa shape index (κ1) is 10.5. The molecule has 1 heterocycles. The highest BCUT2D eigenvalue weighted by molar-refractivity contribution is 5.34. The van der Waals surface area contributed by atoms with E-state index in [9.17, 15) is 4.39 Å². The lowest BCUT2D eigenvalue weighted by atomic mass is 10.2. The maximum absolute atomic E-state index is 12.7. The molecule has 1 N–H and O–H groups in total. The summed E-state index contributed by atoms with van der Waals surface area (Å²) < 4.78 is 12.7. The average molecular weight is 217 g/mol. The SMILES string of the molecule is Cc1nccc(NCc2ccc(F)cc2)n1. The van der Waals surface area contributed by atoms with Crippen LogP contribution in [0.25, 0.3) is 0 Å². The maximum atomic E-state index is 12.7. The van der Waals surface area contributed by atoms with Crippen molar-refractivity contribution < 1.29 is 4.39 Å². The van der Waals surface area contributed by atoms with E-state index in [1.165, 1.54) is 12.1 Å². The van der Waals surface area contributed by atoms with E-state index >= 15 is 0 Å². The molecule has 0 radical (unpaired) electrons. The predicted molar refractivity (Wildman–Crippen MR) is 60.5 cm³/mol. The van der Waals surface area contributed by atoms with Gasteiger partial charge in [0.15, 0.2) is 0 Å². The van der Waals surface area contributed by atoms with Gasteiger partial charge in [0.1, 0.15) is 17.5 Å². The highest BCUT2D eigenvalue weighted by Crippen LogP contribution is 2.06. The second-order valence-corrected chi connectivity index (χ2v) is 3.47. The first-order valence-electron chi connectivity index (χ1n) is 5.02. The van der Waals surface area contributed by atoms with Crippen LogP contribution >= 0.6 is 0 Å². The zero-order chi connectivity index (χ0) is 11.4. The van der Waals surface area contributed by atoms with E-state index in [1.807, 2.05) is 6.92 Å². The number of halogens is 1. The molecule has 0 amide bonds. The molecule has 0 aliphatic heterocycles. The van der Waals surface area contributed by atoms with Crippen molar-refractivity contribution >= 4 is 5.82 Å². The quantitative estimate of drug-likeness (QED) is 0.858. The Kier molecular flexibility index (Phi) is 3.10. The van der Waals surface area contributed by atoms with Gasteiger partial charge in [-0.25, -0.2) is 14.4 Å². The second kappa shape index (κ2) is 4.70. The monoisotopic (exact) mass is 217 g/mol. The van der Waals surface area contributed by atoms with E-state index in [-0.39, 0.29) is 5.82 Å². The highest BCUT2D eigenvalue weighted by Gasteiger charge is 1.96. The van der Waals surface area contributed by atoms with Gasteiger partial charge in [-0.3, -0.25) is 0 Å². The van der Waals surface area contributed by atoms with Crippen molar-refractivity contribution in [2.24, 2.45) is 0 Å². The Hall–Kier alpha value is -1.97. The number of hydrogen-bond acceptors (Lipinski definition) is 3. The molecule has 0 saturated heterocycles. The van der Waals surface area contributed by atoms with Crippen molar-refractivity contribution in [1.82, 2.24) is 9.97 Å². The van der Waals surface area contributed by atoms with Crippen molar-refractivity contribution in [3.8, 4) is 0 Å². The summed E-state index contributed by atoms with van der Waals surface area (Å²) >= 11 is 0.